The van der Waals surface area contributed by atoms with E-state index in [2.05, 4.69) is 24.6 Å². The van der Waals surface area contributed by atoms with E-state index in [4.69, 9.17) is 9.47 Å². The summed E-state index contributed by atoms with van der Waals surface area (Å²) in [4.78, 5) is 2.16. The first-order valence-corrected chi connectivity index (χ1v) is 6.32. The summed E-state index contributed by atoms with van der Waals surface area (Å²) in [6.45, 7) is 2.96. The number of thiol groups is 1. The molecule has 17 heavy (non-hydrogen) atoms. The lowest BCUT2D eigenvalue weighted by Gasteiger charge is -2.22. The zero-order valence-corrected chi connectivity index (χ0v) is 11.9. The van der Waals surface area contributed by atoms with E-state index in [0.717, 1.165) is 41.5 Å². The van der Waals surface area contributed by atoms with Crippen molar-refractivity contribution in [3.05, 3.63) is 17.7 Å². The van der Waals surface area contributed by atoms with Gasteiger partial charge in [-0.2, -0.15) is 12.6 Å². The van der Waals surface area contributed by atoms with Gasteiger partial charge in [0.05, 0.1) is 19.9 Å². The molecule has 0 radical (unpaired) electrons. The molecule has 0 spiro atoms. The monoisotopic (exact) mass is 255 g/mol. The predicted octanol–water partition coefficient (Wildman–Crippen LogP) is 2.77. The molecule has 0 saturated carbocycles. The molecule has 3 nitrogen and oxygen atoms in total. The van der Waals surface area contributed by atoms with Crippen molar-refractivity contribution >= 4 is 18.3 Å². The first-order valence-electron chi connectivity index (χ1n) is 5.68. The Bertz CT molecular complexity index is 369. The fraction of sp³-hybridized carbons (Fsp3) is 0.538. The summed E-state index contributed by atoms with van der Waals surface area (Å²) >= 11 is 4.23. The average molecular weight is 255 g/mol. The highest BCUT2D eigenvalue weighted by atomic mass is 32.1. The molecule has 0 bridgehead atoms. The molecule has 96 valence electrons. The van der Waals surface area contributed by atoms with E-state index in [1.807, 2.05) is 19.1 Å². The molecule has 0 aromatic heterocycles. The maximum atomic E-state index is 5.41. The lowest BCUT2D eigenvalue weighted by Crippen LogP contribution is -2.19. The van der Waals surface area contributed by atoms with Gasteiger partial charge in [0.2, 0.25) is 0 Å². The number of nitrogens with zero attached hydrogens (tertiary/aromatic N) is 1. The predicted molar refractivity (Wildman–Crippen MR) is 76.0 cm³/mol. The maximum Gasteiger partial charge on any atom is 0.142 e. The summed E-state index contributed by atoms with van der Waals surface area (Å²) in [5.41, 5.74) is 2.13. The SMILES string of the molecule is COc1cc(N(C)CCCS)c(OC)cc1C. The average Bonchev–Trinajstić information content (AvgIpc) is 2.35. The zero-order chi connectivity index (χ0) is 12.8. The molecule has 4 heteroatoms. The van der Waals surface area contributed by atoms with Crippen molar-refractivity contribution < 1.29 is 9.47 Å². The molecule has 1 aromatic rings. The molecule has 0 unspecified atom stereocenters. The number of benzene rings is 1. The first kappa shape index (κ1) is 14.0. The number of hydrogen-bond donors (Lipinski definition) is 1. The Morgan fingerprint density at radius 3 is 2.35 bits per heavy atom. The Morgan fingerprint density at radius 1 is 1.18 bits per heavy atom. The van der Waals surface area contributed by atoms with Crippen LogP contribution in [0.25, 0.3) is 0 Å². The van der Waals surface area contributed by atoms with E-state index < -0.39 is 0 Å². The van der Waals surface area contributed by atoms with E-state index in [9.17, 15) is 0 Å². The summed E-state index contributed by atoms with van der Waals surface area (Å²) in [5.74, 6) is 2.65. The number of ether oxygens (including phenoxy) is 2. The van der Waals surface area contributed by atoms with Crippen molar-refractivity contribution in [2.45, 2.75) is 13.3 Å². The highest BCUT2D eigenvalue weighted by molar-refractivity contribution is 7.80. The van der Waals surface area contributed by atoms with Gasteiger partial charge in [-0.25, -0.2) is 0 Å². The van der Waals surface area contributed by atoms with Gasteiger partial charge in [-0.1, -0.05) is 0 Å². The van der Waals surface area contributed by atoms with Crippen LogP contribution in [-0.4, -0.2) is 33.6 Å². The van der Waals surface area contributed by atoms with Crippen molar-refractivity contribution in [3.8, 4) is 11.5 Å². The Kier molecular flexibility index (Phi) is 5.48. The van der Waals surface area contributed by atoms with Crippen LogP contribution in [0.4, 0.5) is 5.69 Å². The third-order valence-electron chi connectivity index (χ3n) is 2.76. The number of anilines is 1. The first-order chi connectivity index (χ1) is 8.13. The summed E-state index contributed by atoms with van der Waals surface area (Å²) < 4.78 is 10.8. The molecule has 1 aromatic carbocycles. The molecular weight excluding hydrogens is 234 g/mol. The van der Waals surface area contributed by atoms with Crippen LogP contribution in [0.3, 0.4) is 0 Å². The topological polar surface area (TPSA) is 21.7 Å². The number of methoxy groups -OCH3 is 2. The quantitative estimate of drug-likeness (QED) is 0.790. The minimum Gasteiger partial charge on any atom is -0.496 e. The lowest BCUT2D eigenvalue weighted by atomic mass is 10.1. The Hall–Kier alpha value is -1.03. The largest absolute Gasteiger partial charge is 0.496 e. The van der Waals surface area contributed by atoms with Crippen LogP contribution in [0, 0.1) is 6.92 Å². The molecule has 0 N–H and O–H groups in total. The lowest BCUT2D eigenvalue weighted by molar-refractivity contribution is 0.400. The van der Waals surface area contributed by atoms with Gasteiger partial charge in [0.15, 0.2) is 0 Å². The minimum atomic E-state index is 0.880. The maximum absolute atomic E-state index is 5.41. The molecule has 0 aliphatic rings. The summed E-state index contributed by atoms with van der Waals surface area (Å²) in [6, 6.07) is 4.03. The summed E-state index contributed by atoms with van der Waals surface area (Å²) in [5, 5.41) is 0. The van der Waals surface area contributed by atoms with Gasteiger partial charge < -0.3 is 14.4 Å². The smallest absolute Gasteiger partial charge is 0.142 e. The van der Waals surface area contributed by atoms with Gasteiger partial charge in [0.25, 0.3) is 0 Å². The summed E-state index contributed by atoms with van der Waals surface area (Å²) in [7, 11) is 5.43. The zero-order valence-electron chi connectivity index (χ0n) is 11.0. The van der Waals surface area contributed by atoms with Gasteiger partial charge >= 0.3 is 0 Å². The fourth-order valence-corrected chi connectivity index (χ4v) is 1.90. The second-order valence-corrected chi connectivity index (χ2v) is 4.44. The number of hydrogen-bond acceptors (Lipinski definition) is 4. The van der Waals surface area contributed by atoms with E-state index in [0.29, 0.717) is 0 Å². The molecule has 0 heterocycles. The number of aryl methyl sites for hydroxylation is 1. The van der Waals surface area contributed by atoms with Crippen molar-refractivity contribution in [1.82, 2.24) is 0 Å². The standard InChI is InChI=1S/C13H21NO2S/c1-10-8-13(16-4)11(9-12(10)15-3)14(2)6-5-7-17/h8-9,17H,5-7H2,1-4H3. The van der Waals surface area contributed by atoms with E-state index in [1.165, 1.54) is 0 Å². The van der Waals surface area contributed by atoms with Gasteiger partial charge in [-0.05, 0) is 30.7 Å². The van der Waals surface area contributed by atoms with E-state index in [-0.39, 0.29) is 0 Å². The van der Waals surface area contributed by atoms with Crippen molar-refractivity contribution in [2.75, 3.05) is 38.5 Å². The van der Waals surface area contributed by atoms with Crippen molar-refractivity contribution in [1.29, 1.82) is 0 Å². The van der Waals surface area contributed by atoms with Crippen molar-refractivity contribution in [3.63, 3.8) is 0 Å². The molecule has 0 saturated heterocycles. The Balaban J connectivity index is 3.02. The highest BCUT2D eigenvalue weighted by Gasteiger charge is 2.11. The Labute approximate surface area is 109 Å². The fourth-order valence-electron chi connectivity index (χ4n) is 1.76. The van der Waals surface area contributed by atoms with Crippen LogP contribution in [-0.2, 0) is 0 Å². The number of rotatable bonds is 6. The molecule has 0 aliphatic heterocycles. The molecule has 1 rings (SSSR count). The molecule has 0 amide bonds. The highest BCUT2D eigenvalue weighted by Crippen LogP contribution is 2.34. The van der Waals surface area contributed by atoms with Gasteiger partial charge in [-0.3, -0.25) is 0 Å². The third kappa shape index (κ3) is 3.46. The second-order valence-electron chi connectivity index (χ2n) is 3.99. The molecular formula is C13H21NO2S. The van der Waals surface area contributed by atoms with Crippen LogP contribution < -0.4 is 14.4 Å². The van der Waals surface area contributed by atoms with Crippen LogP contribution in [0.5, 0.6) is 11.5 Å². The second kappa shape index (κ2) is 6.64. The van der Waals surface area contributed by atoms with Gasteiger partial charge in [0, 0.05) is 19.7 Å². The van der Waals surface area contributed by atoms with E-state index >= 15 is 0 Å². The van der Waals surface area contributed by atoms with Crippen LogP contribution >= 0.6 is 12.6 Å². The van der Waals surface area contributed by atoms with Crippen LogP contribution in [0.1, 0.15) is 12.0 Å². The normalized spacial score (nSPS) is 10.2. The Morgan fingerprint density at radius 2 is 1.82 bits per heavy atom. The third-order valence-corrected chi connectivity index (χ3v) is 3.08. The van der Waals surface area contributed by atoms with Gasteiger partial charge in [0.1, 0.15) is 11.5 Å². The van der Waals surface area contributed by atoms with Crippen LogP contribution in [0.2, 0.25) is 0 Å². The molecule has 0 aliphatic carbocycles. The minimum absolute atomic E-state index is 0.880. The molecule has 0 atom stereocenters. The van der Waals surface area contributed by atoms with Crippen LogP contribution in [0.15, 0.2) is 12.1 Å². The van der Waals surface area contributed by atoms with Gasteiger partial charge in [-0.15, -0.1) is 0 Å². The molecule has 0 fully saturated rings. The van der Waals surface area contributed by atoms with Crippen molar-refractivity contribution in [2.24, 2.45) is 0 Å². The van der Waals surface area contributed by atoms with E-state index in [1.54, 1.807) is 14.2 Å². The summed E-state index contributed by atoms with van der Waals surface area (Å²) in [6.07, 6.45) is 1.04.